The minimum atomic E-state index is -0.522. The van der Waals surface area contributed by atoms with Crippen molar-refractivity contribution in [3.63, 3.8) is 0 Å². The molecule has 0 bridgehead atoms. The number of hydrogen-bond donors (Lipinski definition) is 1. The fraction of sp³-hybridized carbons (Fsp3) is 0.105. The van der Waals surface area contributed by atoms with E-state index < -0.39 is 6.67 Å². The first-order chi connectivity index (χ1) is 11.9. The van der Waals surface area contributed by atoms with Gasteiger partial charge in [-0.25, -0.2) is 9.37 Å². The first kappa shape index (κ1) is 14.5. The lowest BCUT2D eigenvalue weighted by Crippen LogP contribution is -2.06. The van der Waals surface area contributed by atoms with Gasteiger partial charge in [0, 0.05) is 35.9 Å². The van der Waals surface area contributed by atoms with E-state index in [0.29, 0.717) is 5.56 Å². The number of halogens is 1. The summed E-state index contributed by atoms with van der Waals surface area (Å²) in [6.45, 7) is -0.522. The van der Waals surface area contributed by atoms with Gasteiger partial charge >= 0.3 is 0 Å². The standard InChI is InChI=1S/C19H15FN4/c20-10-13-8-16(15-2-1-5-23-17(15)9-13)19(18-11-22-12-24-18)14-3-6-21-7-4-14/h1-9,11-12,19H,10H2,(H,22,24). The molecule has 3 heterocycles. The number of nitrogens with one attached hydrogen (secondary N) is 1. The molecule has 4 rings (SSSR count). The van der Waals surface area contributed by atoms with Crippen molar-refractivity contribution in [1.29, 1.82) is 0 Å². The molecule has 1 aromatic carbocycles. The highest BCUT2D eigenvalue weighted by molar-refractivity contribution is 5.84. The molecule has 3 aromatic heterocycles. The number of benzene rings is 1. The Morgan fingerprint density at radius 1 is 1.04 bits per heavy atom. The molecular weight excluding hydrogens is 303 g/mol. The molecule has 0 aliphatic heterocycles. The number of aromatic amines is 1. The van der Waals surface area contributed by atoms with Gasteiger partial charge in [-0.15, -0.1) is 0 Å². The van der Waals surface area contributed by atoms with Crippen LogP contribution in [0.2, 0.25) is 0 Å². The minimum absolute atomic E-state index is 0.0892. The molecule has 118 valence electrons. The maximum atomic E-state index is 13.4. The van der Waals surface area contributed by atoms with Crippen molar-refractivity contribution < 1.29 is 4.39 Å². The molecule has 1 atom stereocenters. The third kappa shape index (κ3) is 2.54. The average molecular weight is 318 g/mol. The van der Waals surface area contributed by atoms with Crippen LogP contribution in [0.4, 0.5) is 4.39 Å². The van der Waals surface area contributed by atoms with Crippen LogP contribution in [0, 0.1) is 0 Å². The third-order valence-electron chi connectivity index (χ3n) is 4.15. The molecule has 24 heavy (non-hydrogen) atoms. The van der Waals surface area contributed by atoms with Crippen LogP contribution >= 0.6 is 0 Å². The monoisotopic (exact) mass is 318 g/mol. The highest BCUT2D eigenvalue weighted by Crippen LogP contribution is 2.35. The molecule has 5 heteroatoms. The molecule has 0 saturated heterocycles. The molecule has 0 radical (unpaired) electrons. The fourth-order valence-electron chi connectivity index (χ4n) is 3.09. The molecule has 4 nitrogen and oxygen atoms in total. The van der Waals surface area contributed by atoms with Gasteiger partial charge < -0.3 is 4.98 Å². The van der Waals surface area contributed by atoms with Gasteiger partial charge in [-0.3, -0.25) is 9.97 Å². The molecule has 0 aliphatic carbocycles. The van der Waals surface area contributed by atoms with Crippen LogP contribution in [0.5, 0.6) is 0 Å². The Labute approximate surface area is 138 Å². The van der Waals surface area contributed by atoms with E-state index in [4.69, 9.17) is 0 Å². The van der Waals surface area contributed by atoms with E-state index in [2.05, 4.69) is 19.9 Å². The maximum absolute atomic E-state index is 13.4. The maximum Gasteiger partial charge on any atom is 0.115 e. The van der Waals surface area contributed by atoms with E-state index in [0.717, 1.165) is 27.7 Å². The van der Waals surface area contributed by atoms with E-state index in [1.165, 1.54) is 0 Å². The molecule has 1 unspecified atom stereocenters. The lowest BCUT2D eigenvalue weighted by Gasteiger charge is -2.19. The number of aromatic nitrogens is 4. The molecule has 0 fully saturated rings. The van der Waals surface area contributed by atoms with Gasteiger partial charge in [-0.2, -0.15) is 0 Å². The van der Waals surface area contributed by atoms with Crippen LogP contribution in [0.1, 0.15) is 28.3 Å². The Bertz CT molecular complexity index is 952. The van der Waals surface area contributed by atoms with E-state index >= 15 is 0 Å². The van der Waals surface area contributed by atoms with E-state index in [9.17, 15) is 4.39 Å². The minimum Gasteiger partial charge on any atom is -0.348 e. The second-order valence-electron chi connectivity index (χ2n) is 5.61. The number of pyridine rings is 2. The number of H-pyrrole nitrogens is 1. The average Bonchev–Trinajstić information content (AvgIpc) is 3.17. The Kier molecular flexibility index (Phi) is 3.75. The van der Waals surface area contributed by atoms with E-state index in [1.54, 1.807) is 37.2 Å². The van der Waals surface area contributed by atoms with Crippen LogP contribution in [0.3, 0.4) is 0 Å². The lowest BCUT2D eigenvalue weighted by molar-refractivity contribution is 0.485. The van der Waals surface area contributed by atoms with Crippen molar-refractivity contribution in [1.82, 2.24) is 19.9 Å². The Morgan fingerprint density at radius 3 is 2.67 bits per heavy atom. The second-order valence-corrected chi connectivity index (χ2v) is 5.61. The van der Waals surface area contributed by atoms with Crippen LogP contribution < -0.4 is 0 Å². The number of rotatable bonds is 4. The molecule has 0 saturated carbocycles. The highest BCUT2D eigenvalue weighted by atomic mass is 19.1. The van der Waals surface area contributed by atoms with Crippen LogP contribution in [-0.4, -0.2) is 19.9 Å². The molecule has 1 N–H and O–H groups in total. The molecule has 0 spiro atoms. The summed E-state index contributed by atoms with van der Waals surface area (Å²) in [6, 6.07) is 11.6. The Morgan fingerprint density at radius 2 is 1.92 bits per heavy atom. The van der Waals surface area contributed by atoms with E-state index in [-0.39, 0.29) is 5.92 Å². The first-order valence-electron chi connectivity index (χ1n) is 7.68. The zero-order valence-corrected chi connectivity index (χ0v) is 12.9. The first-order valence-corrected chi connectivity index (χ1v) is 7.68. The van der Waals surface area contributed by atoms with Gasteiger partial charge in [0.2, 0.25) is 0 Å². The van der Waals surface area contributed by atoms with Gasteiger partial charge in [0.05, 0.1) is 17.8 Å². The fourth-order valence-corrected chi connectivity index (χ4v) is 3.09. The van der Waals surface area contributed by atoms with Gasteiger partial charge in [0.15, 0.2) is 0 Å². The van der Waals surface area contributed by atoms with Gasteiger partial charge in [0.1, 0.15) is 6.67 Å². The zero-order valence-electron chi connectivity index (χ0n) is 12.9. The summed E-state index contributed by atoms with van der Waals surface area (Å²) in [5.41, 5.74) is 4.43. The quantitative estimate of drug-likeness (QED) is 0.619. The topological polar surface area (TPSA) is 54.5 Å². The molecular formula is C19H15FN4. The summed E-state index contributed by atoms with van der Waals surface area (Å²) in [7, 11) is 0. The molecule has 0 amide bonds. The van der Waals surface area contributed by atoms with Gasteiger partial charge in [-0.1, -0.05) is 12.1 Å². The largest absolute Gasteiger partial charge is 0.348 e. The summed E-state index contributed by atoms with van der Waals surface area (Å²) in [5.74, 6) is -0.0892. The smallest absolute Gasteiger partial charge is 0.115 e. The predicted octanol–water partition coefficient (Wildman–Crippen LogP) is 4.00. The highest BCUT2D eigenvalue weighted by Gasteiger charge is 2.21. The number of nitrogens with zero attached hydrogens (tertiary/aromatic N) is 3. The van der Waals surface area contributed by atoms with E-state index in [1.807, 2.05) is 30.3 Å². The predicted molar refractivity (Wildman–Crippen MR) is 90.3 cm³/mol. The summed E-state index contributed by atoms with van der Waals surface area (Å²) < 4.78 is 13.4. The van der Waals surface area contributed by atoms with Crippen molar-refractivity contribution in [2.24, 2.45) is 0 Å². The third-order valence-corrected chi connectivity index (χ3v) is 4.15. The number of fused-ring (bicyclic) bond motifs is 1. The van der Waals surface area contributed by atoms with Crippen molar-refractivity contribution in [3.8, 4) is 0 Å². The SMILES string of the molecule is FCc1cc(C(c2ccncc2)c2cnc[nH]2)c2cccnc2c1. The van der Waals surface area contributed by atoms with Crippen molar-refractivity contribution in [2.45, 2.75) is 12.6 Å². The molecule has 4 aromatic rings. The number of alkyl halides is 1. The van der Waals surface area contributed by atoms with Gasteiger partial charge in [-0.05, 0) is 41.0 Å². The Hall–Kier alpha value is -3.08. The second kappa shape index (κ2) is 6.20. The number of imidazole rings is 1. The van der Waals surface area contributed by atoms with Crippen molar-refractivity contribution >= 4 is 10.9 Å². The van der Waals surface area contributed by atoms with Crippen LogP contribution in [0.25, 0.3) is 10.9 Å². The Balaban J connectivity index is 2.01. The summed E-state index contributed by atoms with van der Waals surface area (Å²) in [5, 5.41) is 1.01. The summed E-state index contributed by atoms with van der Waals surface area (Å²) in [4.78, 5) is 15.9. The summed E-state index contributed by atoms with van der Waals surface area (Å²) in [6.07, 6.45) is 8.71. The van der Waals surface area contributed by atoms with Crippen LogP contribution in [0.15, 0.2) is 67.5 Å². The normalized spacial score (nSPS) is 12.4. The zero-order chi connectivity index (χ0) is 16.4. The lowest BCUT2D eigenvalue weighted by atomic mass is 9.86. The van der Waals surface area contributed by atoms with Crippen molar-refractivity contribution in [3.05, 3.63) is 89.9 Å². The summed E-state index contributed by atoms with van der Waals surface area (Å²) >= 11 is 0. The van der Waals surface area contributed by atoms with Crippen LogP contribution in [-0.2, 0) is 6.67 Å². The van der Waals surface area contributed by atoms with Gasteiger partial charge in [0.25, 0.3) is 0 Å². The van der Waals surface area contributed by atoms with Crippen molar-refractivity contribution in [2.75, 3.05) is 0 Å². The number of hydrogen-bond acceptors (Lipinski definition) is 3. The molecule has 0 aliphatic rings.